The van der Waals surface area contributed by atoms with E-state index in [2.05, 4.69) is 21.5 Å². The van der Waals surface area contributed by atoms with Crippen LogP contribution in [0.15, 0.2) is 36.9 Å². The van der Waals surface area contributed by atoms with E-state index in [9.17, 15) is 0 Å². The molecular formula is C13H18N4. The van der Waals surface area contributed by atoms with Gasteiger partial charge < -0.3 is 10.3 Å². The highest BCUT2D eigenvalue weighted by Gasteiger charge is 2.12. The standard InChI is InChI=1S/C13H18N4/c1-2-7-17-8-6-16-13(17)12(14)9-11-4-3-5-15-10-11/h3-6,8,10,12H,2,7,9,14H2,1H3. The third-order valence-corrected chi connectivity index (χ3v) is 2.72. The van der Waals surface area contributed by atoms with Gasteiger partial charge in [0.25, 0.3) is 0 Å². The zero-order valence-corrected chi connectivity index (χ0v) is 10.1. The molecule has 2 heterocycles. The highest BCUT2D eigenvalue weighted by atomic mass is 15.1. The molecule has 0 aliphatic heterocycles. The van der Waals surface area contributed by atoms with E-state index in [4.69, 9.17) is 5.73 Å². The van der Waals surface area contributed by atoms with E-state index in [1.165, 1.54) is 0 Å². The van der Waals surface area contributed by atoms with Crippen molar-refractivity contribution >= 4 is 0 Å². The third kappa shape index (κ3) is 2.91. The van der Waals surface area contributed by atoms with Gasteiger partial charge in [-0.2, -0.15) is 0 Å². The zero-order chi connectivity index (χ0) is 12.1. The zero-order valence-electron chi connectivity index (χ0n) is 10.1. The maximum atomic E-state index is 6.19. The van der Waals surface area contributed by atoms with Crippen LogP contribution in [0.2, 0.25) is 0 Å². The number of nitrogens with zero attached hydrogens (tertiary/aromatic N) is 3. The molecule has 17 heavy (non-hydrogen) atoms. The van der Waals surface area contributed by atoms with Crippen LogP contribution in [0.25, 0.3) is 0 Å². The quantitative estimate of drug-likeness (QED) is 0.854. The number of hydrogen-bond donors (Lipinski definition) is 1. The van der Waals surface area contributed by atoms with Crippen molar-refractivity contribution in [3.63, 3.8) is 0 Å². The van der Waals surface area contributed by atoms with Crippen LogP contribution in [0, 0.1) is 0 Å². The Morgan fingerprint density at radius 2 is 2.29 bits per heavy atom. The molecule has 2 rings (SSSR count). The second-order valence-electron chi connectivity index (χ2n) is 4.15. The SMILES string of the molecule is CCCn1ccnc1C(N)Cc1cccnc1. The van der Waals surface area contributed by atoms with Crippen LogP contribution in [0.4, 0.5) is 0 Å². The number of nitrogens with two attached hydrogens (primary N) is 1. The van der Waals surface area contributed by atoms with Crippen molar-refractivity contribution in [3.8, 4) is 0 Å². The molecule has 0 radical (unpaired) electrons. The van der Waals surface area contributed by atoms with Gasteiger partial charge >= 0.3 is 0 Å². The first-order chi connectivity index (χ1) is 8.31. The summed E-state index contributed by atoms with van der Waals surface area (Å²) in [6.45, 7) is 3.12. The van der Waals surface area contributed by atoms with Crippen LogP contribution in [0.3, 0.4) is 0 Å². The van der Waals surface area contributed by atoms with Crippen molar-refractivity contribution in [1.29, 1.82) is 0 Å². The Morgan fingerprint density at radius 1 is 1.41 bits per heavy atom. The summed E-state index contributed by atoms with van der Waals surface area (Å²) in [5.74, 6) is 0.954. The van der Waals surface area contributed by atoms with Crippen molar-refractivity contribution < 1.29 is 0 Å². The molecule has 0 spiro atoms. The summed E-state index contributed by atoms with van der Waals surface area (Å²) in [7, 11) is 0. The first-order valence-electron chi connectivity index (χ1n) is 5.96. The second-order valence-corrected chi connectivity index (χ2v) is 4.15. The van der Waals surface area contributed by atoms with Gasteiger partial charge in [-0.05, 0) is 24.5 Å². The van der Waals surface area contributed by atoms with E-state index < -0.39 is 0 Å². The summed E-state index contributed by atoms with van der Waals surface area (Å²) in [5, 5.41) is 0. The fourth-order valence-electron chi connectivity index (χ4n) is 1.94. The molecule has 0 saturated carbocycles. The summed E-state index contributed by atoms with van der Waals surface area (Å²) < 4.78 is 2.13. The van der Waals surface area contributed by atoms with Gasteiger partial charge in [0.05, 0.1) is 6.04 Å². The smallest absolute Gasteiger partial charge is 0.125 e. The van der Waals surface area contributed by atoms with Crippen molar-refractivity contribution in [2.75, 3.05) is 0 Å². The molecule has 1 unspecified atom stereocenters. The van der Waals surface area contributed by atoms with E-state index in [1.54, 1.807) is 6.20 Å². The van der Waals surface area contributed by atoms with Gasteiger partial charge in [0, 0.05) is 31.3 Å². The lowest BCUT2D eigenvalue weighted by molar-refractivity contribution is 0.574. The number of aromatic nitrogens is 3. The Balaban J connectivity index is 2.09. The summed E-state index contributed by atoms with van der Waals surface area (Å²) >= 11 is 0. The van der Waals surface area contributed by atoms with E-state index in [0.29, 0.717) is 0 Å². The summed E-state index contributed by atoms with van der Waals surface area (Å²) in [6.07, 6.45) is 9.29. The minimum absolute atomic E-state index is 0.0688. The average Bonchev–Trinajstić information content (AvgIpc) is 2.79. The van der Waals surface area contributed by atoms with Crippen LogP contribution in [0.1, 0.15) is 30.8 Å². The van der Waals surface area contributed by atoms with E-state index >= 15 is 0 Å². The lowest BCUT2D eigenvalue weighted by atomic mass is 10.1. The van der Waals surface area contributed by atoms with Gasteiger partial charge in [-0.3, -0.25) is 4.98 Å². The molecule has 2 N–H and O–H groups in total. The van der Waals surface area contributed by atoms with Gasteiger partial charge in [-0.25, -0.2) is 4.98 Å². The van der Waals surface area contributed by atoms with Crippen LogP contribution in [-0.2, 0) is 13.0 Å². The Morgan fingerprint density at radius 3 is 3.00 bits per heavy atom. The molecule has 2 aromatic rings. The Hall–Kier alpha value is -1.68. The highest BCUT2D eigenvalue weighted by molar-refractivity contribution is 5.13. The topological polar surface area (TPSA) is 56.7 Å². The van der Waals surface area contributed by atoms with Crippen LogP contribution < -0.4 is 5.73 Å². The Kier molecular flexibility index (Phi) is 3.88. The van der Waals surface area contributed by atoms with Gasteiger partial charge in [0.1, 0.15) is 5.82 Å². The van der Waals surface area contributed by atoms with E-state index in [0.717, 1.165) is 30.8 Å². The normalized spacial score (nSPS) is 12.6. The van der Waals surface area contributed by atoms with E-state index in [1.807, 2.05) is 30.7 Å². The number of pyridine rings is 1. The fourth-order valence-corrected chi connectivity index (χ4v) is 1.94. The lowest BCUT2D eigenvalue weighted by Gasteiger charge is -2.13. The first kappa shape index (κ1) is 11.8. The minimum atomic E-state index is -0.0688. The summed E-state index contributed by atoms with van der Waals surface area (Å²) in [5.41, 5.74) is 7.34. The van der Waals surface area contributed by atoms with Gasteiger partial charge in [0.2, 0.25) is 0 Å². The van der Waals surface area contributed by atoms with Crippen molar-refractivity contribution in [3.05, 3.63) is 48.3 Å². The molecule has 0 aromatic carbocycles. The molecule has 0 bridgehead atoms. The fraction of sp³-hybridized carbons (Fsp3) is 0.385. The molecule has 0 aliphatic rings. The molecule has 90 valence electrons. The van der Waals surface area contributed by atoms with Gasteiger partial charge in [-0.15, -0.1) is 0 Å². The summed E-state index contributed by atoms with van der Waals surface area (Å²) in [4.78, 5) is 8.44. The number of imidazole rings is 1. The largest absolute Gasteiger partial charge is 0.334 e. The summed E-state index contributed by atoms with van der Waals surface area (Å²) in [6, 6.07) is 3.90. The maximum absolute atomic E-state index is 6.19. The molecule has 0 fully saturated rings. The van der Waals surface area contributed by atoms with Gasteiger partial charge in [-0.1, -0.05) is 13.0 Å². The molecule has 2 aromatic heterocycles. The number of rotatable bonds is 5. The van der Waals surface area contributed by atoms with Crippen molar-refractivity contribution in [2.45, 2.75) is 32.4 Å². The van der Waals surface area contributed by atoms with Crippen LogP contribution >= 0.6 is 0 Å². The second kappa shape index (κ2) is 5.59. The highest BCUT2D eigenvalue weighted by Crippen LogP contribution is 2.14. The first-order valence-corrected chi connectivity index (χ1v) is 5.96. The van der Waals surface area contributed by atoms with Gasteiger partial charge in [0.15, 0.2) is 0 Å². The Labute approximate surface area is 102 Å². The predicted molar refractivity (Wildman–Crippen MR) is 67.4 cm³/mol. The van der Waals surface area contributed by atoms with Crippen molar-refractivity contribution in [2.24, 2.45) is 5.73 Å². The maximum Gasteiger partial charge on any atom is 0.125 e. The molecular weight excluding hydrogens is 212 g/mol. The molecule has 0 saturated heterocycles. The monoisotopic (exact) mass is 230 g/mol. The van der Waals surface area contributed by atoms with Crippen molar-refractivity contribution in [1.82, 2.24) is 14.5 Å². The van der Waals surface area contributed by atoms with Crippen LogP contribution in [0.5, 0.6) is 0 Å². The Bertz CT molecular complexity index is 449. The molecule has 4 heteroatoms. The molecule has 0 aliphatic carbocycles. The molecule has 4 nitrogen and oxygen atoms in total. The average molecular weight is 230 g/mol. The minimum Gasteiger partial charge on any atom is -0.334 e. The number of aryl methyl sites for hydroxylation is 1. The molecule has 1 atom stereocenters. The van der Waals surface area contributed by atoms with E-state index in [-0.39, 0.29) is 6.04 Å². The third-order valence-electron chi connectivity index (χ3n) is 2.72. The number of hydrogen-bond acceptors (Lipinski definition) is 3. The molecule has 0 amide bonds. The predicted octanol–water partition coefficient (Wildman–Crippen LogP) is 1.93. The lowest BCUT2D eigenvalue weighted by Crippen LogP contribution is -2.19. The van der Waals surface area contributed by atoms with Crippen LogP contribution in [-0.4, -0.2) is 14.5 Å².